The molecule has 0 saturated carbocycles. The zero-order valence-corrected chi connectivity index (χ0v) is 8.62. The largest absolute Gasteiger partial charge is 0.376 e. The molecule has 0 spiro atoms. The first kappa shape index (κ1) is 11.0. The standard InChI is InChI=1S/C6H10O3.C4H10/c1(5-3-8-5)7-2-6-4-9-6;1-3-4-2/h5-6H,1-4H2;3-4H2,1-2H3. The Hall–Kier alpha value is -0.120. The van der Waals surface area contributed by atoms with Gasteiger partial charge in [0.05, 0.1) is 26.4 Å². The second-order valence-electron chi connectivity index (χ2n) is 3.45. The van der Waals surface area contributed by atoms with Gasteiger partial charge in [-0.1, -0.05) is 26.7 Å². The SMILES string of the molecule is C(OCC1CO1)C1CO1.CCCC. The lowest BCUT2D eigenvalue weighted by atomic mass is 10.4. The van der Waals surface area contributed by atoms with Crippen LogP contribution in [0.4, 0.5) is 0 Å². The van der Waals surface area contributed by atoms with E-state index in [4.69, 9.17) is 14.2 Å². The maximum atomic E-state index is 5.23. The molecule has 2 saturated heterocycles. The highest BCUT2D eigenvalue weighted by molar-refractivity contribution is 4.71. The predicted molar refractivity (Wildman–Crippen MR) is 50.9 cm³/mol. The molecule has 2 rings (SSSR count). The van der Waals surface area contributed by atoms with Gasteiger partial charge in [0.25, 0.3) is 0 Å². The van der Waals surface area contributed by atoms with Gasteiger partial charge in [0.2, 0.25) is 0 Å². The van der Waals surface area contributed by atoms with E-state index in [-0.39, 0.29) is 0 Å². The summed E-state index contributed by atoms with van der Waals surface area (Å²) in [5, 5.41) is 0. The van der Waals surface area contributed by atoms with Crippen molar-refractivity contribution in [2.24, 2.45) is 0 Å². The lowest BCUT2D eigenvalue weighted by Crippen LogP contribution is -2.06. The lowest BCUT2D eigenvalue weighted by Gasteiger charge is -1.95. The summed E-state index contributed by atoms with van der Waals surface area (Å²) in [4.78, 5) is 0. The average Bonchev–Trinajstić information content (AvgIpc) is 2.98. The van der Waals surface area contributed by atoms with E-state index in [2.05, 4.69) is 13.8 Å². The van der Waals surface area contributed by atoms with Crippen LogP contribution in [0.2, 0.25) is 0 Å². The third kappa shape index (κ3) is 6.99. The first-order valence-corrected chi connectivity index (χ1v) is 5.17. The molecule has 2 atom stereocenters. The number of epoxide rings is 2. The predicted octanol–water partition coefficient (Wildman–Crippen LogP) is 1.61. The summed E-state index contributed by atoms with van der Waals surface area (Å²) in [5.74, 6) is 0. The molecule has 0 amide bonds. The van der Waals surface area contributed by atoms with E-state index in [1.807, 2.05) is 0 Å². The van der Waals surface area contributed by atoms with Crippen molar-refractivity contribution in [2.45, 2.75) is 38.9 Å². The Labute approximate surface area is 80.4 Å². The summed E-state index contributed by atoms with van der Waals surface area (Å²) < 4.78 is 15.1. The molecule has 0 aromatic carbocycles. The van der Waals surface area contributed by atoms with Gasteiger partial charge in [-0.15, -0.1) is 0 Å². The highest BCUT2D eigenvalue weighted by Crippen LogP contribution is 2.12. The fourth-order valence-corrected chi connectivity index (χ4v) is 0.659. The summed E-state index contributed by atoms with van der Waals surface area (Å²) in [7, 11) is 0. The molecule has 2 aliphatic heterocycles. The van der Waals surface area contributed by atoms with Gasteiger partial charge in [-0.05, 0) is 0 Å². The fourth-order valence-electron chi connectivity index (χ4n) is 0.659. The van der Waals surface area contributed by atoms with E-state index >= 15 is 0 Å². The van der Waals surface area contributed by atoms with Crippen molar-refractivity contribution >= 4 is 0 Å². The quantitative estimate of drug-likeness (QED) is 0.615. The monoisotopic (exact) mass is 188 g/mol. The van der Waals surface area contributed by atoms with E-state index < -0.39 is 0 Å². The van der Waals surface area contributed by atoms with Crippen LogP contribution >= 0.6 is 0 Å². The van der Waals surface area contributed by atoms with Crippen molar-refractivity contribution in [3.05, 3.63) is 0 Å². The molecule has 0 aromatic rings. The van der Waals surface area contributed by atoms with Crippen LogP contribution < -0.4 is 0 Å². The smallest absolute Gasteiger partial charge is 0.104 e. The molecule has 2 unspecified atom stereocenters. The van der Waals surface area contributed by atoms with Crippen LogP contribution in [0, 0.1) is 0 Å². The van der Waals surface area contributed by atoms with Crippen molar-refractivity contribution < 1.29 is 14.2 Å². The Balaban J connectivity index is 0.000000184. The Kier molecular flexibility index (Phi) is 5.35. The van der Waals surface area contributed by atoms with E-state index in [0.717, 1.165) is 26.4 Å². The topological polar surface area (TPSA) is 34.3 Å². The van der Waals surface area contributed by atoms with E-state index in [1.165, 1.54) is 12.8 Å². The molecule has 0 radical (unpaired) electrons. The second kappa shape index (κ2) is 6.35. The van der Waals surface area contributed by atoms with Crippen LogP contribution in [0.5, 0.6) is 0 Å². The number of hydrogen-bond donors (Lipinski definition) is 0. The van der Waals surface area contributed by atoms with E-state index in [1.54, 1.807) is 0 Å². The van der Waals surface area contributed by atoms with Gasteiger partial charge in [-0.2, -0.15) is 0 Å². The second-order valence-corrected chi connectivity index (χ2v) is 3.45. The Bertz CT molecular complexity index is 105. The molecule has 0 aromatic heterocycles. The first-order valence-electron chi connectivity index (χ1n) is 5.17. The van der Waals surface area contributed by atoms with Gasteiger partial charge in [-0.25, -0.2) is 0 Å². The minimum absolute atomic E-state index is 0.392. The third-order valence-electron chi connectivity index (χ3n) is 1.91. The van der Waals surface area contributed by atoms with Crippen LogP contribution in [0.25, 0.3) is 0 Å². The van der Waals surface area contributed by atoms with Gasteiger partial charge in [0, 0.05) is 0 Å². The molecule has 13 heavy (non-hydrogen) atoms. The Morgan fingerprint density at radius 3 is 1.62 bits per heavy atom. The van der Waals surface area contributed by atoms with Crippen molar-refractivity contribution in [2.75, 3.05) is 26.4 Å². The van der Waals surface area contributed by atoms with Crippen LogP contribution in [-0.4, -0.2) is 38.6 Å². The molecule has 2 heterocycles. The van der Waals surface area contributed by atoms with Gasteiger partial charge >= 0.3 is 0 Å². The molecule has 0 N–H and O–H groups in total. The summed E-state index contributed by atoms with van der Waals surface area (Å²) in [6, 6.07) is 0. The molecule has 0 bridgehead atoms. The number of hydrogen-bond acceptors (Lipinski definition) is 3. The average molecular weight is 188 g/mol. The molecular weight excluding hydrogens is 168 g/mol. The highest BCUT2D eigenvalue weighted by Gasteiger charge is 2.26. The van der Waals surface area contributed by atoms with Gasteiger partial charge < -0.3 is 14.2 Å². The molecule has 3 heteroatoms. The van der Waals surface area contributed by atoms with Gasteiger partial charge in [0.1, 0.15) is 12.2 Å². The third-order valence-corrected chi connectivity index (χ3v) is 1.91. The summed E-state index contributed by atoms with van der Waals surface area (Å²) >= 11 is 0. The molecule has 78 valence electrons. The zero-order valence-electron chi connectivity index (χ0n) is 8.62. The Morgan fingerprint density at radius 2 is 1.38 bits per heavy atom. The maximum Gasteiger partial charge on any atom is 0.104 e. The normalized spacial score (nSPS) is 29.1. The molecule has 2 aliphatic rings. The molecule has 2 fully saturated rings. The molecular formula is C10H20O3. The van der Waals surface area contributed by atoms with Crippen LogP contribution in [0.1, 0.15) is 26.7 Å². The minimum Gasteiger partial charge on any atom is -0.376 e. The van der Waals surface area contributed by atoms with Crippen molar-refractivity contribution in [3.8, 4) is 0 Å². The summed E-state index contributed by atoms with van der Waals surface area (Å²) in [5.41, 5.74) is 0. The molecule has 0 aliphatic carbocycles. The summed E-state index contributed by atoms with van der Waals surface area (Å²) in [6.07, 6.45) is 3.42. The van der Waals surface area contributed by atoms with Crippen molar-refractivity contribution in [3.63, 3.8) is 0 Å². The van der Waals surface area contributed by atoms with Gasteiger partial charge in [-0.3, -0.25) is 0 Å². The van der Waals surface area contributed by atoms with Crippen LogP contribution in [0.3, 0.4) is 0 Å². The van der Waals surface area contributed by atoms with Crippen molar-refractivity contribution in [1.29, 1.82) is 0 Å². The first-order chi connectivity index (χ1) is 6.36. The summed E-state index contributed by atoms with van der Waals surface area (Å²) in [6.45, 7) is 7.62. The fraction of sp³-hybridized carbons (Fsp3) is 1.00. The number of unbranched alkanes of at least 4 members (excludes halogenated alkanes) is 1. The highest BCUT2D eigenvalue weighted by atomic mass is 16.6. The van der Waals surface area contributed by atoms with E-state index in [9.17, 15) is 0 Å². The zero-order chi connectivity index (χ0) is 9.52. The van der Waals surface area contributed by atoms with E-state index in [0.29, 0.717) is 12.2 Å². The Morgan fingerprint density at radius 1 is 1.00 bits per heavy atom. The number of ether oxygens (including phenoxy) is 3. The molecule has 3 nitrogen and oxygen atoms in total. The lowest BCUT2D eigenvalue weighted by molar-refractivity contribution is 0.102. The van der Waals surface area contributed by atoms with Crippen LogP contribution in [-0.2, 0) is 14.2 Å². The van der Waals surface area contributed by atoms with Gasteiger partial charge in [0.15, 0.2) is 0 Å². The van der Waals surface area contributed by atoms with Crippen molar-refractivity contribution in [1.82, 2.24) is 0 Å². The number of rotatable bonds is 5. The minimum atomic E-state index is 0.392. The maximum absolute atomic E-state index is 5.23. The van der Waals surface area contributed by atoms with Crippen LogP contribution in [0.15, 0.2) is 0 Å².